The molecule has 1 fully saturated rings. The van der Waals surface area contributed by atoms with Crippen molar-refractivity contribution in [3.8, 4) is 0 Å². The molecule has 1 aliphatic rings. The van der Waals surface area contributed by atoms with Gasteiger partial charge in [0, 0.05) is 56.2 Å². The Morgan fingerprint density at radius 3 is 3.03 bits per heavy atom. The van der Waals surface area contributed by atoms with E-state index in [4.69, 9.17) is 0 Å². The van der Waals surface area contributed by atoms with Crippen LogP contribution in [0.4, 0.5) is 4.39 Å². The first kappa shape index (κ1) is 21.6. The van der Waals surface area contributed by atoms with E-state index in [2.05, 4.69) is 36.7 Å². The molecule has 156 valence electrons. The smallest absolute Gasteiger partial charge is 0.193 e. The molecule has 4 rings (SSSR count). The molecule has 2 aromatic heterocycles. The molecular weight excluding hydrogens is 482 g/mol. The summed E-state index contributed by atoms with van der Waals surface area (Å²) in [7, 11) is 1.83. The van der Waals surface area contributed by atoms with Crippen molar-refractivity contribution in [2.45, 2.75) is 25.8 Å². The molecule has 0 radical (unpaired) electrons. The number of fused-ring (bicyclic) bond motifs is 1. The molecule has 1 aliphatic heterocycles. The van der Waals surface area contributed by atoms with Crippen LogP contribution in [0.15, 0.2) is 48.1 Å². The van der Waals surface area contributed by atoms with E-state index in [1.54, 1.807) is 0 Å². The van der Waals surface area contributed by atoms with Gasteiger partial charge in [-0.3, -0.25) is 4.99 Å². The summed E-state index contributed by atoms with van der Waals surface area (Å²) in [4.78, 5) is 14.2. The molecule has 1 saturated heterocycles. The van der Waals surface area contributed by atoms with Crippen molar-refractivity contribution in [2.24, 2.45) is 10.9 Å². The second kappa shape index (κ2) is 9.60. The van der Waals surface area contributed by atoms with Crippen molar-refractivity contribution in [3.63, 3.8) is 0 Å². The average molecular weight is 510 g/mol. The Balaban J connectivity index is 0.00000240. The van der Waals surface area contributed by atoms with E-state index in [1.165, 1.54) is 17.7 Å². The Morgan fingerprint density at radius 2 is 2.28 bits per heavy atom. The Bertz CT molecular complexity index is 951. The Kier molecular flexibility index (Phi) is 7.15. The summed E-state index contributed by atoms with van der Waals surface area (Å²) in [5.74, 6) is 1.32. The van der Waals surface area contributed by atoms with Crippen molar-refractivity contribution >= 4 is 40.8 Å². The topological polar surface area (TPSA) is 61.2 Å². The number of benzene rings is 1. The molecule has 2 unspecified atom stereocenters. The normalized spacial score (nSPS) is 20.0. The van der Waals surface area contributed by atoms with Gasteiger partial charge >= 0.3 is 0 Å². The molecule has 2 atom stereocenters. The van der Waals surface area contributed by atoms with Crippen LogP contribution in [-0.2, 0) is 6.42 Å². The van der Waals surface area contributed by atoms with Gasteiger partial charge < -0.3 is 19.8 Å². The zero-order chi connectivity index (χ0) is 19.5. The third kappa shape index (κ3) is 4.73. The molecule has 8 heteroatoms. The number of hydrogen-bond donors (Lipinski definition) is 2. The quantitative estimate of drug-likeness (QED) is 0.319. The number of hydrogen-bond acceptors (Lipinski definition) is 2. The second-order valence-electron chi connectivity index (χ2n) is 7.52. The van der Waals surface area contributed by atoms with Crippen molar-refractivity contribution in [3.05, 3.63) is 54.5 Å². The van der Waals surface area contributed by atoms with Crippen LogP contribution in [0.25, 0.3) is 10.9 Å². The standard InChI is InChI=1S/C21H27FN6.HI/c1-15-6-9-27(13-20(15)28-10-8-24-14-28)21(23-2)25-7-5-16-12-26-19-11-17(22)3-4-18(16)19;/h3-4,8,10-12,14-15,20,26H,5-7,9,13H2,1-2H3,(H,23,25);1H. The van der Waals surface area contributed by atoms with Gasteiger partial charge in [0.25, 0.3) is 0 Å². The summed E-state index contributed by atoms with van der Waals surface area (Å²) in [6, 6.07) is 5.29. The summed E-state index contributed by atoms with van der Waals surface area (Å²) in [5.41, 5.74) is 2.02. The summed E-state index contributed by atoms with van der Waals surface area (Å²) in [6.45, 7) is 5.00. The molecule has 0 spiro atoms. The van der Waals surface area contributed by atoms with Crippen molar-refractivity contribution in [1.82, 2.24) is 24.8 Å². The fraction of sp³-hybridized carbons (Fsp3) is 0.429. The largest absolute Gasteiger partial charge is 0.361 e. The monoisotopic (exact) mass is 510 g/mol. The number of guanidine groups is 1. The summed E-state index contributed by atoms with van der Waals surface area (Å²) in [5, 5.41) is 4.57. The third-order valence-electron chi connectivity index (χ3n) is 5.74. The fourth-order valence-corrected chi connectivity index (χ4v) is 4.10. The van der Waals surface area contributed by atoms with Gasteiger partial charge in [-0.15, -0.1) is 24.0 Å². The van der Waals surface area contributed by atoms with Crippen LogP contribution in [0, 0.1) is 11.7 Å². The van der Waals surface area contributed by atoms with Gasteiger partial charge in [-0.1, -0.05) is 6.92 Å². The molecule has 3 aromatic rings. The van der Waals surface area contributed by atoms with Gasteiger partial charge in [-0.2, -0.15) is 0 Å². The molecule has 3 heterocycles. The maximum atomic E-state index is 13.4. The third-order valence-corrected chi connectivity index (χ3v) is 5.74. The Hall–Kier alpha value is -2.10. The van der Waals surface area contributed by atoms with Crippen LogP contribution in [0.1, 0.15) is 24.9 Å². The van der Waals surface area contributed by atoms with Gasteiger partial charge in [0.05, 0.1) is 12.4 Å². The minimum atomic E-state index is -0.216. The molecule has 29 heavy (non-hydrogen) atoms. The van der Waals surface area contributed by atoms with E-state index >= 15 is 0 Å². The minimum absolute atomic E-state index is 0. The highest BCUT2D eigenvalue weighted by atomic mass is 127. The number of likely N-dealkylation sites (tertiary alicyclic amines) is 1. The number of H-pyrrole nitrogens is 1. The number of aliphatic imine (C=N–C) groups is 1. The molecule has 0 aliphatic carbocycles. The van der Waals surface area contributed by atoms with E-state index in [9.17, 15) is 4.39 Å². The van der Waals surface area contributed by atoms with E-state index in [0.29, 0.717) is 12.0 Å². The van der Waals surface area contributed by atoms with Crippen LogP contribution in [-0.4, -0.2) is 52.1 Å². The number of imidazole rings is 1. The average Bonchev–Trinajstić information content (AvgIpc) is 3.36. The number of halogens is 2. The number of nitrogens with one attached hydrogen (secondary N) is 2. The lowest BCUT2D eigenvalue weighted by atomic mass is 9.93. The predicted octanol–water partition coefficient (Wildman–Crippen LogP) is 3.82. The van der Waals surface area contributed by atoms with E-state index in [1.807, 2.05) is 38.0 Å². The molecule has 0 bridgehead atoms. The highest BCUT2D eigenvalue weighted by molar-refractivity contribution is 14.0. The molecule has 0 saturated carbocycles. The zero-order valence-electron chi connectivity index (χ0n) is 16.8. The summed E-state index contributed by atoms with van der Waals surface area (Å²) in [6.07, 6.45) is 9.72. The first-order valence-electron chi connectivity index (χ1n) is 9.84. The fourth-order valence-electron chi connectivity index (χ4n) is 4.10. The SMILES string of the molecule is CN=C(NCCc1c[nH]c2cc(F)ccc12)N1CCC(C)C(n2ccnc2)C1.I. The molecule has 0 amide bonds. The number of aromatic amines is 1. The highest BCUT2D eigenvalue weighted by Crippen LogP contribution is 2.27. The van der Waals surface area contributed by atoms with Gasteiger partial charge in [-0.25, -0.2) is 9.37 Å². The minimum Gasteiger partial charge on any atom is -0.361 e. The summed E-state index contributed by atoms with van der Waals surface area (Å²) < 4.78 is 15.6. The zero-order valence-corrected chi connectivity index (χ0v) is 19.1. The number of rotatable bonds is 4. The van der Waals surface area contributed by atoms with Crippen LogP contribution in [0.2, 0.25) is 0 Å². The molecule has 1 aromatic carbocycles. The van der Waals surface area contributed by atoms with Gasteiger partial charge in [0.2, 0.25) is 0 Å². The number of nitrogens with zero attached hydrogens (tertiary/aromatic N) is 4. The van der Waals surface area contributed by atoms with Crippen molar-refractivity contribution in [2.75, 3.05) is 26.7 Å². The molecule has 6 nitrogen and oxygen atoms in total. The van der Waals surface area contributed by atoms with Gasteiger partial charge in [0.15, 0.2) is 5.96 Å². The van der Waals surface area contributed by atoms with Crippen LogP contribution < -0.4 is 5.32 Å². The van der Waals surface area contributed by atoms with E-state index < -0.39 is 0 Å². The second-order valence-corrected chi connectivity index (χ2v) is 7.52. The first-order chi connectivity index (χ1) is 13.7. The number of aromatic nitrogens is 3. The summed E-state index contributed by atoms with van der Waals surface area (Å²) >= 11 is 0. The van der Waals surface area contributed by atoms with E-state index in [0.717, 1.165) is 49.3 Å². The van der Waals surface area contributed by atoms with Crippen LogP contribution in [0.3, 0.4) is 0 Å². The predicted molar refractivity (Wildman–Crippen MR) is 125 cm³/mol. The lowest BCUT2D eigenvalue weighted by Crippen LogP contribution is -2.49. The first-order valence-corrected chi connectivity index (χ1v) is 9.84. The van der Waals surface area contributed by atoms with E-state index in [-0.39, 0.29) is 29.8 Å². The van der Waals surface area contributed by atoms with Gasteiger partial charge in [0.1, 0.15) is 5.82 Å². The lowest BCUT2D eigenvalue weighted by Gasteiger charge is -2.39. The Labute approximate surface area is 187 Å². The molecule has 2 N–H and O–H groups in total. The van der Waals surface area contributed by atoms with Crippen LogP contribution >= 0.6 is 24.0 Å². The van der Waals surface area contributed by atoms with Crippen molar-refractivity contribution in [1.29, 1.82) is 0 Å². The van der Waals surface area contributed by atoms with Crippen molar-refractivity contribution < 1.29 is 4.39 Å². The lowest BCUT2D eigenvalue weighted by molar-refractivity contribution is 0.189. The van der Waals surface area contributed by atoms with Gasteiger partial charge in [-0.05, 0) is 42.5 Å². The number of piperidine rings is 1. The Morgan fingerprint density at radius 1 is 1.41 bits per heavy atom. The maximum Gasteiger partial charge on any atom is 0.193 e. The maximum absolute atomic E-state index is 13.4. The molecular formula is C21H28FIN6. The highest BCUT2D eigenvalue weighted by Gasteiger charge is 2.28. The van der Waals surface area contributed by atoms with Crippen LogP contribution in [0.5, 0.6) is 0 Å².